The van der Waals surface area contributed by atoms with E-state index in [2.05, 4.69) is 5.32 Å². The molecule has 1 atom stereocenters. The van der Waals surface area contributed by atoms with Crippen LogP contribution >= 0.6 is 0 Å². The lowest BCUT2D eigenvalue weighted by Gasteiger charge is -2.28. The molecular weight excluding hydrogens is 414 g/mol. The van der Waals surface area contributed by atoms with Gasteiger partial charge >= 0.3 is 0 Å². The van der Waals surface area contributed by atoms with Crippen LogP contribution in [0.25, 0.3) is 0 Å². The molecule has 1 aromatic carbocycles. The molecule has 0 radical (unpaired) electrons. The molecule has 7 nitrogen and oxygen atoms in total. The molecule has 0 aromatic heterocycles. The lowest BCUT2D eigenvalue weighted by molar-refractivity contribution is -0.126. The summed E-state index contributed by atoms with van der Waals surface area (Å²) in [5.41, 5.74) is 1.41. The Morgan fingerprint density at radius 1 is 1.03 bits per heavy atom. The molecule has 2 aliphatic heterocycles. The summed E-state index contributed by atoms with van der Waals surface area (Å²) >= 11 is 0. The Morgan fingerprint density at radius 3 is 2.39 bits per heavy atom. The van der Waals surface area contributed by atoms with Crippen molar-refractivity contribution in [3.8, 4) is 0 Å². The summed E-state index contributed by atoms with van der Waals surface area (Å²) in [5.74, 6) is -0.250. The van der Waals surface area contributed by atoms with Gasteiger partial charge < -0.3 is 5.32 Å². The maximum absolute atomic E-state index is 13.1. The molecule has 31 heavy (non-hydrogen) atoms. The highest BCUT2D eigenvalue weighted by Crippen LogP contribution is 2.36. The van der Waals surface area contributed by atoms with Gasteiger partial charge in [-0.05, 0) is 49.4 Å². The minimum atomic E-state index is -3.56. The third kappa shape index (κ3) is 4.51. The van der Waals surface area contributed by atoms with Crippen LogP contribution in [0.1, 0.15) is 70.3 Å². The monoisotopic (exact) mass is 447 g/mol. The third-order valence-electron chi connectivity index (χ3n) is 6.81. The fraction of sp³-hybridized carbons (Fsp3) is 0.652. The van der Waals surface area contributed by atoms with E-state index in [1.54, 1.807) is 34.3 Å². The number of rotatable bonds is 5. The predicted molar refractivity (Wildman–Crippen MR) is 119 cm³/mol. The zero-order valence-electron chi connectivity index (χ0n) is 18.3. The molecule has 3 aliphatic rings. The van der Waals surface area contributed by atoms with Crippen LogP contribution in [0.3, 0.4) is 0 Å². The zero-order chi connectivity index (χ0) is 22.0. The van der Waals surface area contributed by atoms with Crippen LogP contribution in [0, 0.1) is 0 Å². The molecule has 0 bridgehead atoms. The molecule has 2 fully saturated rings. The summed E-state index contributed by atoms with van der Waals surface area (Å²) in [5, 5.41) is 3.14. The Hall–Kier alpha value is -1.93. The van der Waals surface area contributed by atoms with Crippen LogP contribution in [-0.4, -0.2) is 49.7 Å². The van der Waals surface area contributed by atoms with Crippen LogP contribution in [0.2, 0.25) is 0 Å². The summed E-state index contributed by atoms with van der Waals surface area (Å²) in [6.45, 7) is 2.88. The normalized spacial score (nSPS) is 22.9. The highest BCUT2D eigenvalue weighted by Gasteiger charge is 2.39. The summed E-state index contributed by atoms with van der Waals surface area (Å²) in [4.78, 5) is 27.7. The van der Waals surface area contributed by atoms with Crippen LogP contribution in [0.15, 0.2) is 23.1 Å². The summed E-state index contributed by atoms with van der Waals surface area (Å²) in [6.07, 6.45) is 8.85. The lowest BCUT2D eigenvalue weighted by Crippen LogP contribution is -2.50. The van der Waals surface area contributed by atoms with Crippen LogP contribution < -0.4 is 10.2 Å². The summed E-state index contributed by atoms with van der Waals surface area (Å²) < 4.78 is 27.8. The minimum Gasteiger partial charge on any atom is -0.352 e. The Kier molecular flexibility index (Phi) is 6.67. The number of fused-ring (bicyclic) bond motifs is 1. The van der Waals surface area contributed by atoms with Gasteiger partial charge in [0.25, 0.3) is 0 Å². The molecule has 8 heteroatoms. The van der Waals surface area contributed by atoms with Gasteiger partial charge in [-0.1, -0.05) is 32.6 Å². The second kappa shape index (κ2) is 9.28. The Bertz CT molecular complexity index is 934. The Morgan fingerprint density at radius 2 is 1.71 bits per heavy atom. The number of anilines is 1. The topological polar surface area (TPSA) is 86.8 Å². The molecule has 1 aliphatic carbocycles. The molecule has 1 saturated carbocycles. The van der Waals surface area contributed by atoms with Crippen molar-refractivity contribution < 1.29 is 18.0 Å². The quantitative estimate of drug-likeness (QED) is 0.752. The molecular formula is C23H33N3O4S. The van der Waals surface area contributed by atoms with E-state index in [1.807, 2.05) is 0 Å². The maximum atomic E-state index is 13.1. The lowest BCUT2D eigenvalue weighted by atomic mass is 9.95. The molecule has 2 amide bonds. The van der Waals surface area contributed by atoms with Crippen molar-refractivity contribution in [2.24, 2.45) is 0 Å². The van der Waals surface area contributed by atoms with E-state index < -0.39 is 16.1 Å². The van der Waals surface area contributed by atoms with Crippen LogP contribution in [0.5, 0.6) is 0 Å². The van der Waals surface area contributed by atoms with E-state index in [0.717, 1.165) is 50.5 Å². The second-order valence-corrected chi connectivity index (χ2v) is 10.9. The fourth-order valence-electron chi connectivity index (χ4n) is 5.08. The Balaban J connectivity index is 1.59. The maximum Gasteiger partial charge on any atom is 0.243 e. The fourth-order valence-corrected chi connectivity index (χ4v) is 6.64. The molecule has 170 valence electrons. The first-order valence-corrected chi connectivity index (χ1v) is 13.1. The first kappa shape index (κ1) is 22.3. The first-order valence-electron chi connectivity index (χ1n) is 11.7. The van der Waals surface area contributed by atoms with Crippen molar-refractivity contribution in [2.75, 3.05) is 18.0 Å². The van der Waals surface area contributed by atoms with Gasteiger partial charge in [0.15, 0.2) is 0 Å². The molecule has 2 heterocycles. The van der Waals surface area contributed by atoms with E-state index in [1.165, 1.54) is 6.42 Å². The highest BCUT2D eigenvalue weighted by molar-refractivity contribution is 7.89. The van der Waals surface area contributed by atoms with Crippen molar-refractivity contribution in [1.29, 1.82) is 0 Å². The van der Waals surface area contributed by atoms with Gasteiger partial charge in [0, 0.05) is 37.7 Å². The van der Waals surface area contributed by atoms with Gasteiger partial charge in [-0.15, -0.1) is 0 Å². The number of piperidine rings is 1. The number of nitrogens with one attached hydrogen (secondary N) is 1. The second-order valence-electron chi connectivity index (χ2n) is 8.94. The van der Waals surface area contributed by atoms with Crippen molar-refractivity contribution in [3.05, 3.63) is 23.8 Å². The smallest absolute Gasteiger partial charge is 0.243 e. The highest BCUT2D eigenvalue weighted by atomic mass is 32.2. The van der Waals surface area contributed by atoms with Crippen molar-refractivity contribution in [3.63, 3.8) is 0 Å². The Labute approximate surface area is 185 Å². The van der Waals surface area contributed by atoms with Gasteiger partial charge in [-0.2, -0.15) is 4.31 Å². The molecule has 1 aromatic rings. The van der Waals surface area contributed by atoms with Crippen molar-refractivity contribution in [2.45, 2.75) is 88.1 Å². The molecule has 0 unspecified atom stereocenters. The number of sulfonamides is 1. The van der Waals surface area contributed by atoms with E-state index >= 15 is 0 Å². The van der Waals surface area contributed by atoms with Gasteiger partial charge in [0.2, 0.25) is 21.8 Å². The third-order valence-corrected chi connectivity index (χ3v) is 8.71. The van der Waals surface area contributed by atoms with E-state index in [-0.39, 0.29) is 22.8 Å². The molecule has 0 spiro atoms. The summed E-state index contributed by atoms with van der Waals surface area (Å²) in [7, 11) is -3.56. The number of nitrogens with zero attached hydrogens (tertiary/aromatic N) is 2. The number of carbonyl (C=O) groups excluding carboxylic acids is 2. The number of carbonyl (C=O) groups is 2. The van der Waals surface area contributed by atoms with Crippen molar-refractivity contribution in [1.82, 2.24) is 9.62 Å². The van der Waals surface area contributed by atoms with Gasteiger partial charge in [0.1, 0.15) is 6.04 Å². The van der Waals surface area contributed by atoms with E-state index in [0.29, 0.717) is 31.6 Å². The molecule has 4 rings (SSSR count). The zero-order valence-corrected chi connectivity index (χ0v) is 19.1. The van der Waals surface area contributed by atoms with Crippen LogP contribution in [-0.2, 0) is 26.0 Å². The number of hydrogen-bond acceptors (Lipinski definition) is 4. The van der Waals surface area contributed by atoms with Gasteiger partial charge in [-0.3, -0.25) is 14.5 Å². The van der Waals surface area contributed by atoms with E-state index in [4.69, 9.17) is 0 Å². The van der Waals surface area contributed by atoms with Crippen molar-refractivity contribution >= 4 is 27.5 Å². The van der Waals surface area contributed by atoms with E-state index in [9.17, 15) is 18.0 Å². The first-order chi connectivity index (χ1) is 14.9. The molecule has 1 N–H and O–H groups in total. The minimum absolute atomic E-state index is 0.116. The molecule has 1 saturated heterocycles. The average molecular weight is 448 g/mol. The SMILES string of the molecule is CCC(=O)N1c2ccc(S(=O)(=O)N3CCCCC3)cc2C[C@@H]1C(=O)NC1CCCCC1. The number of benzene rings is 1. The van der Waals surface area contributed by atoms with Gasteiger partial charge in [0.05, 0.1) is 4.90 Å². The number of amides is 2. The number of hydrogen-bond donors (Lipinski definition) is 1. The largest absolute Gasteiger partial charge is 0.352 e. The summed E-state index contributed by atoms with van der Waals surface area (Å²) in [6, 6.07) is 4.51. The van der Waals surface area contributed by atoms with Gasteiger partial charge in [-0.25, -0.2) is 8.42 Å². The average Bonchev–Trinajstić information content (AvgIpc) is 3.19. The predicted octanol–water partition coefficient (Wildman–Crippen LogP) is 2.98. The van der Waals surface area contributed by atoms with Crippen LogP contribution in [0.4, 0.5) is 5.69 Å². The standard InChI is InChI=1S/C23H33N3O4S/c1-2-22(27)26-20-12-11-19(31(29,30)25-13-7-4-8-14-25)15-17(20)16-21(26)23(28)24-18-9-5-3-6-10-18/h11-12,15,18,21H,2-10,13-14,16H2,1H3,(H,24,28)/t21-/m1/s1.